The largest absolute Gasteiger partial charge is 0.297 e. The van der Waals surface area contributed by atoms with Gasteiger partial charge in [0.1, 0.15) is 0 Å². The Labute approximate surface area is 192 Å². The van der Waals surface area contributed by atoms with Crippen molar-refractivity contribution >= 4 is 17.5 Å². The standard InChI is InChI=1S/C26H26N4OS/c1-17-13-18(2)24(20(4)31)19(3)23(17)16-32-26-29-28-25(22-11-8-12-27-14-22)30(26)15-21-9-6-5-7-10-21/h5-14H,15-16H2,1-4H3. The van der Waals surface area contributed by atoms with Gasteiger partial charge in [-0.25, -0.2) is 0 Å². The Morgan fingerprint density at radius 1 is 1.00 bits per heavy atom. The van der Waals surface area contributed by atoms with Gasteiger partial charge in [-0.1, -0.05) is 48.2 Å². The molecule has 0 aliphatic rings. The Balaban J connectivity index is 1.70. The number of aromatic nitrogens is 4. The number of carbonyl (C=O) groups is 1. The Hall–Kier alpha value is -3.25. The summed E-state index contributed by atoms with van der Waals surface area (Å²) in [5.41, 5.74) is 7.41. The number of rotatable bonds is 7. The lowest BCUT2D eigenvalue weighted by molar-refractivity contribution is 0.101. The van der Waals surface area contributed by atoms with Gasteiger partial charge >= 0.3 is 0 Å². The molecule has 0 saturated carbocycles. The number of Topliss-reactive ketones (excluding diaryl/α,β-unsaturated/α-hetero) is 1. The van der Waals surface area contributed by atoms with Gasteiger partial charge in [-0.05, 0) is 67.6 Å². The van der Waals surface area contributed by atoms with E-state index in [1.54, 1.807) is 24.9 Å². The molecule has 32 heavy (non-hydrogen) atoms. The number of nitrogens with zero attached hydrogens (tertiary/aromatic N) is 4. The van der Waals surface area contributed by atoms with Crippen LogP contribution in [0.25, 0.3) is 11.4 Å². The molecular formula is C26H26N4OS. The van der Waals surface area contributed by atoms with Crippen LogP contribution in [0.1, 0.15) is 45.1 Å². The van der Waals surface area contributed by atoms with Gasteiger partial charge in [-0.2, -0.15) is 0 Å². The molecule has 4 aromatic rings. The van der Waals surface area contributed by atoms with E-state index in [1.165, 1.54) is 16.7 Å². The maximum atomic E-state index is 12.2. The van der Waals surface area contributed by atoms with Crippen LogP contribution in [0.2, 0.25) is 0 Å². The normalized spacial score (nSPS) is 11.0. The highest BCUT2D eigenvalue weighted by atomic mass is 32.2. The van der Waals surface area contributed by atoms with E-state index in [0.717, 1.165) is 39.0 Å². The highest BCUT2D eigenvalue weighted by molar-refractivity contribution is 7.98. The highest BCUT2D eigenvalue weighted by Crippen LogP contribution is 2.31. The van der Waals surface area contributed by atoms with Gasteiger partial charge in [-0.3, -0.25) is 14.3 Å². The molecule has 5 nitrogen and oxygen atoms in total. The molecular weight excluding hydrogens is 416 g/mol. The average Bonchev–Trinajstić information content (AvgIpc) is 3.16. The molecule has 0 amide bonds. The third kappa shape index (κ3) is 4.50. The van der Waals surface area contributed by atoms with Gasteiger partial charge in [0.05, 0.1) is 6.54 Å². The second-order valence-corrected chi connectivity index (χ2v) is 8.90. The summed E-state index contributed by atoms with van der Waals surface area (Å²) in [6, 6.07) is 16.3. The van der Waals surface area contributed by atoms with E-state index in [-0.39, 0.29) is 5.78 Å². The number of hydrogen-bond acceptors (Lipinski definition) is 5. The first-order valence-corrected chi connectivity index (χ1v) is 11.5. The van der Waals surface area contributed by atoms with E-state index in [1.807, 2.05) is 50.4 Å². The van der Waals surface area contributed by atoms with Crippen molar-refractivity contribution in [1.82, 2.24) is 19.7 Å². The van der Waals surface area contributed by atoms with Crippen LogP contribution in [-0.2, 0) is 12.3 Å². The number of ketones is 1. The monoisotopic (exact) mass is 442 g/mol. The molecule has 0 saturated heterocycles. The molecule has 0 fully saturated rings. The third-order valence-corrected chi connectivity index (χ3v) is 6.64. The van der Waals surface area contributed by atoms with Crippen molar-refractivity contribution in [2.75, 3.05) is 0 Å². The zero-order valence-corrected chi connectivity index (χ0v) is 19.6. The SMILES string of the molecule is CC(=O)c1c(C)cc(C)c(CSc2nnc(-c3cccnc3)n2Cc2ccccc2)c1C. The predicted molar refractivity (Wildman–Crippen MR) is 129 cm³/mol. The summed E-state index contributed by atoms with van der Waals surface area (Å²) in [7, 11) is 0. The first-order chi connectivity index (χ1) is 15.5. The molecule has 2 heterocycles. The van der Waals surface area contributed by atoms with E-state index in [9.17, 15) is 4.79 Å². The van der Waals surface area contributed by atoms with Crippen LogP contribution in [0.3, 0.4) is 0 Å². The van der Waals surface area contributed by atoms with Crippen LogP contribution in [0.4, 0.5) is 0 Å². The van der Waals surface area contributed by atoms with Gasteiger partial charge in [0, 0.05) is 29.3 Å². The van der Waals surface area contributed by atoms with Crippen LogP contribution in [0, 0.1) is 20.8 Å². The van der Waals surface area contributed by atoms with Crippen molar-refractivity contribution in [2.45, 2.75) is 45.1 Å². The van der Waals surface area contributed by atoms with E-state index in [2.05, 4.69) is 44.9 Å². The smallest absolute Gasteiger partial charge is 0.192 e. The zero-order valence-electron chi connectivity index (χ0n) is 18.8. The van der Waals surface area contributed by atoms with Gasteiger partial charge < -0.3 is 0 Å². The number of hydrogen-bond donors (Lipinski definition) is 0. The van der Waals surface area contributed by atoms with Crippen LogP contribution in [0.5, 0.6) is 0 Å². The minimum absolute atomic E-state index is 0.109. The van der Waals surface area contributed by atoms with Gasteiger partial charge in [0.15, 0.2) is 16.8 Å². The lowest BCUT2D eigenvalue weighted by Crippen LogP contribution is -2.06. The van der Waals surface area contributed by atoms with Crippen LogP contribution < -0.4 is 0 Å². The molecule has 0 aliphatic carbocycles. The summed E-state index contributed by atoms with van der Waals surface area (Å²) in [5.74, 6) is 1.63. The minimum atomic E-state index is 0.109. The molecule has 2 aromatic heterocycles. The Morgan fingerprint density at radius 2 is 1.78 bits per heavy atom. The number of thioether (sulfide) groups is 1. The fourth-order valence-electron chi connectivity index (χ4n) is 4.14. The second kappa shape index (κ2) is 9.49. The first kappa shape index (κ1) is 22.0. The maximum absolute atomic E-state index is 12.2. The van der Waals surface area contributed by atoms with Gasteiger partial charge in [0.2, 0.25) is 0 Å². The summed E-state index contributed by atoms with van der Waals surface area (Å²) in [6.45, 7) is 8.46. The first-order valence-electron chi connectivity index (χ1n) is 10.6. The van der Waals surface area contributed by atoms with Crippen molar-refractivity contribution in [3.63, 3.8) is 0 Å². The van der Waals surface area contributed by atoms with Crippen LogP contribution in [0.15, 0.2) is 66.1 Å². The Morgan fingerprint density at radius 3 is 2.47 bits per heavy atom. The predicted octanol–water partition coefficient (Wildman–Crippen LogP) is 5.81. The molecule has 0 bridgehead atoms. The number of aryl methyl sites for hydroxylation is 2. The molecule has 4 rings (SSSR count). The lowest BCUT2D eigenvalue weighted by atomic mass is 9.92. The topological polar surface area (TPSA) is 60.7 Å². The Bertz CT molecular complexity index is 1250. The maximum Gasteiger partial charge on any atom is 0.192 e. The molecule has 6 heteroatoms. The van der Waals surface area contributed by atoms with Crippen LogP contribution >= 0.6 is 11.8 Å². The quantitative estimate of drug-likeness (QED) is 0.267. The van der Waals surface area contributed by atoms with E-state index >= 15 is 0 Å². The molecule has 162 valence electrons. The lowest BCUT2D eigenvalue weighted by Gasteiger charge is -2.16. The minimum Gasteiger partial charge on any atom is -0.297 e. The number of benzene rings is 2. The molecule has 0 atom stereocenters. The summed E-state index contributed by atoms with van der Waals surface area (Å²) in [5, 5.41) is 9.86. The molecule has 0 N–H and O–H groups in total. The summed E-state index contributed by atoms with van der Waals surface area (Å²) >= 11 is 1.65. The van der Waals surface area contributed by atoms with E-state index < -0.39 is 0 Å². The summed E-state index contributed by atoms with van der Waals surface area (Å²) in [6.07, 6.45) is 3.57. The van der Waals surface area contributed by atoms with Gasteiger partial charge in [-0.15, -0.1) is 10.2 Å². The third-order valence-electron chi connectivity index (χ3n) is 5.65. The second-order valence-electron chi connectivity index (χ2n) is 7.95. The molecule has 0 aliphatic heterocycles. The van der Waals surface area contributed by atoms with Crippen molar-refractivity contribution in [3.05, 3.63) is 94.3 Å². The van der Waals surface area contributed by atoms with Crippen molar-refractivity contribution in [3.8, 4) is 11.4 Å². The Kier molecular flexibility index (Phi) is 6.51. The van der Waals surface area contributed by atoms with E-state index in [4.69, 9.17) is 0 Å². The molecule has 2 aromatic carbocycles. The molecule has 0 spiro atoms. The average molecular weight is 443 g/mol. The van der Waals surface area contributed by atoms with Crippen molar-refractivity contribution in [1.29, 1.82) is 0 Å². The summed E-state index contributed by atoms with van der Waals surface area (Å²) < 4.78 is 2.14. The van der Waals surface area contributed by atoms with E-state index in [0.29, 0.717) is 6.54 Å². The van der Waals surface area contributed by atoms with Crippen LogP contribution in [-0.4, -0.2) is 25.5 Å². The zero-order chi connectivity index (χ0) is 22.7. The highest BCUT2D eigenvalue weighted by Gasteiger charge is 2.18. The fourth-order valence-corrected chi connectivity index (χ4v) is 5.26. The molecule has 0 radical (unpaired) electrons. The number of carbonyl (C=O) groups excluding carboxylic acids is 1. The van der Waals surface area contributed by atoms with Crippen molar-refractivity contribution in [2.24, 2.45) is 0 Å². The summed E-state index contributed by atoms with van der Waals surface area (Å²) in [4.78, 5) is 16.5. The molecule has 0 unspecified atom stereocenters. The number of pyridine rings is 1. The fraction of sp³-hybridized carbons (Fsp3) is 0.231. The van der Waals surface area contributed by atoms with Gasteiger partial charge in [0.25, 0.3) is 0 Å². The van der Waals surface area contributed by atoms with Crippen molar-refractivity contribution < 1.29 is 4.79 Å².